The maximum absolute atomic E-state index is 11.0. The lowest BCUT2D eigenvalue weighted by atomic mass is 10.3. The van der Waals surface area contributed by atoms with Crippen LogP contribution in [0, 0.1) is 11.3 Å². The predicted molar refractivity (Wildman–Crippen MR) is 39.5 cm³/mol. The summed E-state index contributed by atoms with van der Waals surface area (Å²) in [4.78, 5) is 3.90. The van der Waals surface area contributed by atoms with Crippen molar-refractivity contribution >= 4 is 11.0 Å². The summed E-state index contributed by atoms with van der Waals surface area (Å²) in [6.45, 7) is 0. The highest BCUT2D eigenvalue weighted by atomic mass is 16.5. The molecule has 0 spiro atoms. The van der Waals surface area contributed by atoms with Gasteiger partial charge in [-0.2, -0.15) is 0 Å². The maximum Gasteiger partial charge on any atom is 0.333 e. The topological polar surface area (TPSA) is 39.8 Å². The third-order valence-electron chi connectivity index (χ3n) is 1.44. The first kappa shape index (κ1) is 6.09. The standard InChI is InChI=1S/C8H5N2O/c11-10-6-2-4-7-3-1-5-9-8(7)10/h1-3,5-6H. The minimum atomic E-state index is 0.412. The van der Waals surface area contributed by atoms with Crippen LogP contribution in [-0.4, -0.2) is 4.98 Å². The van der Waals surface area contributed by atoms with E-state index in [1.54, 1.807) is 24.4 Å². The van der Waals surface area contributed by atoms with Crippen LogP contribution < -0.4 is 4.73 Å². The van der Waals surface area contributed by atoms with Crippen molar-refractivity contribution in [1.29, 1.82) is 0 Å². The predicted octanol–water partition coefficient (Wildman–Crippen LogP) is 0.668. The molecule has 11 heavy (non-hydrogen) atoms. The molecule has 2 heterocycles. The molecule has 0 aliphatic heterocycles. The van der Waals surface area contributed by atoms with Crippen LogP contribution in [0.3, 0.4) is 0 Å². The molecule has 2 rings (SSSR count). The lowest BCUT2D eigenvalue weighted by molar-refractivity contribution is -0.579. The van der Waals surface area contributed by atoms with Gasteiger partial charge >= 0.3 is 5.65 Å². The molecule has 0 N–H and O–H groups in total. The molecule has 0 aromatic carbocycles. The molecule has 0 saturated carbocycles. The van der Waals surface area contributed by atoms with Gasteiger partial charge in [-0.3, -0.25) is 0 Å². The van der Waals surface area contributed by atoms with Crippen molar-refractivity contribution in [2.24, 2.45) is 0 Å². The van der Waals surface area contributed by atoms with Gasteiger partial charge in [-0.1, -0.05) is 0 Å². The molecule has 0 bridgehead atoms. The summed E-state index contributed by atoms with van der Waals surface area (Å²) >= 11 is 0. The highest BCUT2D eigenvalue weighted by Crippen LogP contribution is 2.02. The molecule has 3 nitrogen and oxygen atoms in total. The van der Waals surface area contributed by atoms with Crippen LogP contribution in [0.25, 0.3) is 11.0 Å². The molecule has 0 aliphatic carbocycles. The van der Waals surface area contributed by atoms with Crippen LogP contribution in [-0.2, 0) is 0 Å². The molecule has 53 valence electrons. The zero-order chi connectivity index (χ0) is 7.68. The van der Waals surface area contributed by atoms with Gasteiger partial charge in [-0.15, -0.1) is 0 Å². The van der Waals surface area contributed by atoms with Crippen LogP contribution in [0.1, 0.15) is 0 Å². The van der Waals surface area contributed by atoms with E-state index >= 15 is 0 Å². The Kier molecular flexibility index (Phi) is 1.22. The smallest absolute Gasteiger partial charge is 0.333 e. The molecule has 2 aromatic rings. The lowest BCUT2D eigenvalue weighted by Crippen LogP contribution is -2.26. The molecule has 0 unspecified atom stereocenters. The Morgan fingerprint density at radius 3 is 3.27 bits per heavy atom. The van der Waals surface area contributed by atoms with E-state index in [2.05, 4.69) is 11.1 Å². The van der Waals surface area contributed by atoms with Crippen LogP contribution in [0.2, 0.25) is 0 Å². The van der Waals surface area contributed by atoms with E-state index < -0.39 is 0 Å². The number of hydrogen-bond donors (Lipinski definition) is 0. The van der Waals surface area contributed by atoms with Crippen molar-refractivity contribution in [3.05, 3.63) is 41.9 Å². The number of fused-ring (bicyclic) bond motifs is 1. The van der Waals surface area contributed by atoms with Gasteiger partial charge in [0.2, 0.25) is 0 Å². The molecular formula is C8H5N2O. The SMILES string of the molecule is [O-][n+]1cc[c]c2cccnc21. The number of rotatable bonds is 0. The molecule has 0 amide bonds. The average Bonchev–Trinajstić information content (AvgIpc) is 2.06. The highest BCUT2D eigenvalue weighted by Gasteiger charge is 2.00. The quantitative estimate of drug-likeness (QED) is 0.403. The lowest BCUT2D eigenvalue weighted by Gasteiger charge is -2.00. The molecule has 0 aliphatic rings. The number of aromatic nitrogens is 2. The Labute approximate surface area is 63.5 Å². The van der Waals surface area contributed by atoms with E-state index in [9.17, 15) is 5.21 Å². The second-order valence-electron chi connectivity index (χ2n) is 2.16. The number of hydrogen-bond acceptors (Lipinski definition) is 2. The third-order valence-corrected chi connectivity index (χ3v) is 1.44. The van der Waals surface area contributed by atoms with Gasteiger partial charge in [-0.05, 0) is 23.2 Å². The summed E-state index contributed by atoms with van der Waals surface area (Å²) in [5, 5.41) is 11.8. The summed E-state index contributed by atoms with van der Waals surface area (Å²) in [7, 11) is 0. The average molecular weight is 145 g/mol. The van der Waals surface area contributed by atoms with Gasteiger partial charge in [0.05, 0.1) is 11.6 Å². The van der Waals surface area contributed by atoms with E-state index in [-0.39, 0.29) is 0 Å². The van der Waals surface area contributed by atoms with E-state index in [4.69, 9.17) is 0 Å². The van der Waals surface area contributed by atoms with Gasteiger partial charge < -0.3 is 5.21 Å². The fraction of sp³-hybridized carbons (Fsp3) is 0. The van der Waals surface area contributed by atoms with Crippen LogP contribution in [0.4, 0.5) is 0 Å². The van der Waals surface area contributed by atoms with Crippen molar-refractivity contribution < 1.29 is 4.73 Å². The summed E-state index contributed by atoms with van der Waals surface area (Å²) < 4.78 is 0.728. The van der Waals surface area contributed by atoms with Crippen molar-refractivity contribution in [2.45, 2.75) is 0 Å². The van der Waals surface area contributed by atoms with Gasteiger partial charge in [0.25, 0.3) is 0 Å². The molecular weight excluding hydrogens is 140 g/mol. The Balaban J connectivity index is 2.91. The van der Waals surface area contributed by atoms with Gasteiger partial charge in [-0.25, -0.2) is 4.73 Å². The van der Waals surface area contributed by atoms with E-state index in [0.29, 0.717) is 5.65 Å². The largest absolute Gasteiger partial charge is 0.710 e. The van der Waals surface area contributed by atoms with Crippen molar-refractivity contribution in [1.82, 2.24) is 4.98 Å². The monoisotopic (exact) mass is 145 g/mol. The first-order valence-electron chi connectivity index (χ1n) is 3.22. The zero-order valence-electron chi connectivity index (χ0n) is 5.69. The number of nitrogens with zero attached hydrogens (tertiary/aromatic N) is 2. The van der Waals surface area contributed by atoms with Gasteiger partial charge in [0.1, 0.15) is 6.20 Å². The summed E-state index contributed by atoms with van der Waals surface area (Å²) in [6, 6.07) is 8.07. The summed E-state index contributed by atoms with van der Waals surface area (Å²) in [6.07, 6.45) is 2.97. The summed E-state index contributed by atoms with van der Waals surface area (Å²) in [5.41, 5.74) is 0.412. The Morgan fingerprint density at radius 2 is 2.45 bits per heavy atom. The van der Waals surface area contributed by atoms with Crippen LogP contribution in [0.15, 0.2) is 30.6 Å². The molecule has 1 radical (unpaired) electrons. The van der Waals surface area contributed by atoms with E-state index in [1.807, 2.05) is 0 Å². The molecule has 2 aromatic heterocycles. The summed E-state index contributed by atoms with van der Waals surface area (Å²) in [5.74, 6) is 0. The van der Waals surface area contributed by atoms with Crippen LogP contribution >= 0.6 is 0 Å². The second-order valence-corrected chi connectivity index (χ2v) is 2.16. The Bertz CT molecular complexity index is 381. The fourth-order valence-electron chi connectivity index (χ4n) is 0.951. The zero-order valence-corrected chi connectivity index (χ0v) is 5.69. The molecule has 0 atom stereocenters. The molecule has 0 saturated heterocycles. The van der Waals surface area contributed by atoms with Crippen molar-refractivity contribution in [2.75, 3.05) is 0 Å². The Hall–Kier alpha value is -1.64. The first-order chi connectivity index (χ1) is 5.38. The first-order valence-corrected chi connectivity index (χ1v) is 3.22. The molecule has 0 fully saturated rings. The maximum atomic E-state index is 11.0. The minimum absolute atomic E-state index is 0.412. The minimum Gasteiger partial charge on any atom is -0.710 e. The van der Waals surface area contributed by atoms with Crippen LogP contribution in [0.5, 0.6) is 0 Å². The van der Waals surface area contributed by atoms with Gasteiger partial charge in [0, 0.05) is 6.07 Å². The van der Waals surface area contributed by atoms with E-state index in [1.165, 1.54) is 6.20 Å². The number of pyridine rings is 2. The van der Waals surface area contributed by atoms with Crippen molar-refractivity contribution in [3.8, 4) is 0 Å². The van der Waals surface area contributed by atoms with Gasteiger partial charge in [0.15, 0.2) is 0 Å². The molecule has 3 heteroatoms. The van der Waals surface area contributed by atoms with E-state index in [0.717, 1.165) is 10.1 Å². The second kappa shape index (κ2) is 2.20. The Morgan fingerprint density at radius 1 is 1.55 bits per heavy atom. The highest BCUT2D eigenvalue weighted by molar-refractivity contribution is 5.69. The third kappa shape index (κ3) is 0.902. The normalized spacial score (nSPS) is 10.2. The fourth-order valence-corrected chi connectivity index (χ4v) is 0.951. The van der Waals surface area contributed by atoms with Crippen molar-refractivity contribution in [3.63, 3.8) is 0 Å².